The number of rotatable bonds is 3. The van der Waals surface area contributed by atoms with Crippen molar-refractivity contribution in [2.75, 3.05) is 19.7 Å². The van der Waals surface area contributed by atoms with E-state index in [0.717, 1.165) is 12.8 Å². The second kappa shape index (κ2) is 7.57. The van der Waals surface area contributed by atoms with Crippen molar-refractivity contribution in [1.82, 2.24) is 15.2 Å². The molecule has 8 heteroatoms. The SMILES string of the molecule is C[C@]1(NC(=O)c2cscn2)CCOC2(CCN(C(=O)C3CC=CC3)CC2)[C@@H]1O. The highest BCUT2D eigenvalue weighted by atomic mass is 32.1. The Bertz CT molecular complexity index is 750. The molecule has 2 atom stereocenters. The van der Waals surface area contributed by atoms with Gasteiger partial charge in [0.15, 0.2) is 0 Å². The third-order valence-corrected chi connectivity index (χ3v) is 7.04. The molecule has 152 valence electrons. The number of hydrogen-bond donors (Lipinski definition) is 2. The summed E-state index contributed by atoms with van der Waals surface area (Å²) in [6, 6.07) is 0. The smallest absolute Gasteiger partial charge is 0.271 e. The minimum atomic E-state index is -0.846. The number of amides is 2. The number of hydrogen-bond acceptors (Lipinski definition) is 6. The molecule has 2 fully saturated rings. The molecule has 0 aromatic carbocycles. The summed E-state index contributed by atoms with van der Waals surface area (Å²) < 4.78 is 6.07. The lowest BCUT2D eigenvalue weighted by molar-refractivity contribution is -0.206. The number of thiazole rings is 1. The van der Waals surface area contributed by atoms with Gasteiger partial charge in [0.25, 0.3) is 5.91 Å². The highest BCUT2D eigenvalue weighted by Crippen LogP contribution is 2.40. The van der Waals surface area contributed by atoms with E-state index in [1.165, 1.54) is 11.3 Å². The van der Waals surface area contributed by atoms with E-state index >= 15 is 0 Å². The Balaban J connectivity index is 1.42. The van der Waals surface area contributed by atoms with Crippen LogP contribution < -0.4 is 5.32 Å². The lowest BCUT2D eigenvalue weighted by Gasteiger charge is -2.53. The molecule has 1 aromatic heterocycles. The Morgan fingerprint density at radius 1 is 1.29 bits per heavy atom. The van der Waals surface area contributed by atoms with Crippen molar-refractivity contribution in [3.8, 4) is 0 Å². The van der Waals surface area contributed by atoms with Crippen molar-refractivity contribution in [3.63, 3.8) is 0 Å². The van der Waals surface area contributed by atoms with Crippen LogP contribution in [0.15, 0.2) is 23.0 Å². The van der Waals surface area contributed by atoms with E-state index in [2.05, 4.69) is 22.5 Å². The fraction of sp³-hybridized carbons (Fsp3) is 0.650. The summed E-state index contributed by atoms with van der Waals surface area (Å²) in [5.41, 5.74) is 0.462. The first kappa shape index (κ1) is 19.5. The van der Waals surface area contributed by atoms with Crippen LogP contribution in [0.1, 0.15) is 49.5 Å². The Labute approximate surface area is 168 Å². The zero-order chi connectivity index (χ0) is 19.8. The lowest BCUT2D eigenvalue weighted by Crippen LogP contribution is -2.69. The Kier molecular flexibility index (Phi) is 5.28. The number of aliphatic hydroxyl groups is 1. The summed E-state index contributed by atoms with van der Waals surface area (Å²) in [4.78, 5) is 31.1. The summed E-state index contributed by atoms with van der Waals surface area (Å²) in [6.45, 7) is 3.48. The normalized spacial score (nSPS) is 29.9. The number of nitrogens with zero attached hydrogens (tertiary/aromatic N) is 2. The van der Waals surface area contributed by atoms with E-state index in [0.29, 0.717) is 44.7 Å². The maximum absolute atomic E-state index is 12.7. The van der Waals surface area contributed by atoms with Gasteiger partial charge in [0.1, 0.15) is 11.8 Å². The third kappa shape index (κ3) is 3.49. The van der Waals surface area contributed by atoms with Gasteiger partial charge < -0.3 is 20.1 Å². The highest BCUT2D eigenvalue weighted by molar-refractivity contribution is 7.07. The lowest BCUT2D eigenvalue weighted by atomic mass is 9.73. The number of nitrogens with one attached hydrogen (secondary N) is 1. The molecule has 1 aliphatic carbocycles. The van der Waals surface area contributed by atoms with E-state index in [-0.39, 0.29) is 17.7 Å². The second-order valence-electron chi connectivity index (χ2n) is 8.28. The van der Waals surface area contributed by atoms with Crippen LogP contribution >= 0.6 is 11.3 Å². The standard InChI is InChI=1S/C20H27N3O4S/c1-19(22-16(24)15-12-28-13-21-15)8-11-27-20(18(19)26)6-9-23(10-7-20)17(25)14-4-2-3-5-14/h2-3,12-14,18,26H,4-11H2,1H3,(H,22,24)/t18-,19+/m1/s1. The predicted octanol–water partition coefficient (Wildman–Crippen LogP) is 1.74. The first-order valence-corrected chi connectivity index (χ1v) is 10.8. The Morgan fingerprint density at radius 3 is 2.64 bits per heavy atom. The first-order chi connectivity index (χ1) is 13.4. The minimum Gasteiger partial charge on any atom is -0.388 e. The number of allylic oxidation sites excluding steroid dienone is 2. The molecule has 2 N–H and O–H groups in total. The van der Waals surface area contributed by atoms with Crippen LogP contribution in [0.25, 0.3) is 0 Å². The van der Waals surface area contributed by atoms with Gasteiger partial charge in [0, 0.05) is 31.0 Å². The average molecular weight is 406 g/mol. The number of ether oxygens (including phenoxy) is 1. The number of carbonyl (C=O) groups is 2. The van der Waals surface area contributed by atoms with Crippen molar-refractivity contribution in [2.45, 2.75) is 56.3 Å². The van der Waals surface area contributed by atoms with Gasteiger partial charge in [0.05, 0.1) is 16.7 Å². The summed E-state index contributed by atoms with van der Waals surface area (Å²) >= 11 is 1.36. The number of carbonyl (C=O) groups excluding carboxylic acids is 2. The molecule has 4 rings (SSSR count). The molecule has 3 heterocycles. The van der Waals surface area contributed by atoms with Crippen molar-refractivity contribution in [3.05, 3.63) is 28.7 Å². The number of aromatic nitrogens is 1. The monoisotopic (exact) mass is 405 g/mol. The maximum Gasteiger partial charge on any atom is 0.271 e. The molecule has 28 heavy (non-hydrogen) atoms. The summed E-state index contributed by atoms with van der Waals surface area (Å²) in [7, 11) is 0. The molecule has 2 aliphatic heterocycles. The summed E-state index contributed by atoms with van der Waals surface area (Å²) in [5, 5.41) is 15.9. The Hall–Kier alpha value is -1.77. The van der Waals surface area contributed by atoms with Gasteiger partial charge in [-0.3, -0.25) is 9.59 Å². The number of aliphatic hydroxyl groups excluding tert-OH is 1. The predicted molar refractivity (Wildman–Crippen MR) is 105 cm³/mol. The molecule has 0 bridgehead atoms. The van der Waals surface area contributed by atoms with E-state index in [9.17, 15) is 14.7 Å². The molecule has 0 saturated carbocycles. The average Bonchev–Trinajstić information content (AvgIpc) is 3.40. The molecular formula is C20H27N3O4S. The van der Waals surface area contributed by atoms with Gasteiger partial charge in [-0.1, -0.05) is 12.2 Å². The molecule has 1 spiro atoms. The van der Waals surface area contributed by atoms with Crippen LogP contribution in [0.5, 0.6) is 0 Å². The van der Waals surface area contributed by atoms with Crippen LogP contribution in [-0.4, -0.2) is 63.7 Å². The molecule has 3 aliphatic rings. The van der Waals surface area contributed by atoms with Crippen molar-refractivity contribution < 1.29 is 19.4 Å². The topological polar surface area (TPSA) is 91.8 Å². The first-order valence-electron chi connectivity index (χ1n) is 9.90. The van der Waals surface area contributed by atoms with Crippen LogP contribution in [0.2, 0.25) is 0 Å². The zero-order valence-corrected chi connectivity index (χ0v) is 16.9. The molecular weight excluding hydrogens is 378 g/mol. The van der Waals surface area contributed by atoms with Crippen LogP contribution in [0.4, 0.5) is 0 Å². The number of likely N-dealkylation sites (tertiary alicyclic amines) is 1. The van der Waals surface area contributed by atoms with E-state index in [1.54, 1.807) is 10.9 Å². The van der Waals surface area contributed by atoms with Crippen molar-refractivity contribution >= 4 is 23.2 Å². The molecule has 2 saturated heterocycles. The van der Waals surface area contributed by atoms with Gasteiger partial charge in [-0.2, -0.15) is 0 Å². The van der Waals surface area contributed by atoms with Gasteiger partial charge in [0.2, 0.25) is 5.91 Å². The number of piperidine rings is 1. The van der Waals surface area contributed by atoms with E-state index in [4.69, 9.17) is 4.74 Å². The van der Waals surface area contributed by atoms with Crippen molar-refractivity contribution in [1.29, 1.82) is 0 Å². The van der Waals surface area contributed by atoms with Crippen LogP contribution in [-0.2, 0) is 9.53 Å². The highest BCUT2D eigenvalue weighted by Gasteiger charge is 2.54. The van der Waals surface area contributed by atoms with Gasteiger partial charge in [-0.15, -0.1) is 11.3 Å². The molecule has 2 amide bonds. The molecule has 0 radical (unpaired) electrons. The van der Waals surface area contributed by atoms with Crippen LogP contribution in [0.3, 0.4) is 0 Å². The fourth-order valence-corrected chi connectivity index (χ4v) is 5.17. The molecule has 7 nitrogen and oxygen atoms in total. The van der Waals surface area contributed by atoms with E-state index < -0.39 is 17.2 Å². The fourth-order valence-electron chi connectivity index (χ4n) is 4.64. The van der Waals surface area contributed by atoms with E-state index in [1.807, 2.05) is 11.8 Å². The van der Waals surface area contributed by atoms with Gasteiger partial charge >= 0.3 is 0 Å². The second-order valence-corrected chi connectivity index (χ2v) is 8.99. The maximum atomic E-state index is 12.7. The largest absolute Gasteiger partial charge is 0.388 e. The van der Waals surface area contributed by atoms with Gasteiger partial charge in [-0.05, 0) is 39.0 Å². The quantitative estimate of drug-likeness (QED) is 0.748. The minimum absolute atomic E-state index is 0.0638. The summed E-state index contributed by atoms with van der Waals surface area (Å²) in [5.74, 6) is -0.0140. The Morgan fingerprint density at radius 2 is 2.00 bits per heavy atom. The van der Waals surface area contributed by atoms with Gasteiger partial charge in [-0.25, -0.2) is 4.98 Å². The van der Waals surface area contributed by atoms with Crippen LogP contribution in [0, 0.1) is 5.92 Å². The zero-order valence-electron chi connectivity index (χ0n) is 16.1. The molecule has 1 aromatic rings. The third-order valence-electron chi connectivity index (χ3n) is 6.46. The molecule has 0 unspecified atom stereocenters. The van der Waals surface area contributed by atoms with Crippen molar-refractivity contribution in [2.24, 2.45) is 5.92 Å². The summed E-state index contributed by atoms with van der Waals surface area (Å²) in [6.07, 6.45) is 6.60.